The summed E-state index contributed by atoms with van der Waals surface area (Å²) in [7, 11) is 0. The largest absolute Gasteiger partial charge is 0.332 e. The smallest absolute Gasteiger partial charge is 0.265 e. The molecule has 0 aliphatic rings. The van der Waals surface area contributed by atoms with Crippen LogP contribution in [0.25, 0.3) is 0 Å². The summed E-state index contributed by atoms with van der Waals surface area (Å²) < 4.78 is 0.858. The molecule has 0 fully saturated rings. The number of hydrogen-bond acceptors (Lipinski definition) is 3. The number of rotatable bonds is 4. The normalized spacial score (nSPS) is 10.3. The molecule has 2 rings (SSSR count). The summed E-state index contributed by atoms with van der Waals surface area (Å²) in [5, 5.41) is 1.91. The maximum Gasteiger partial charge on any atom is 0.265 e. The second-order valence-corrected chi connectivity index (χ2v) is 5.51. The molecular weight excluding hydrogens is 312 g/mol. The zero-order chi connectivity index (χ0) is 13.0. The van der Waals surface area contributed by atoms with Crippen LogP contribution in [-0.4, -0.2) is 22.3 Å². The van der Waals surface area contributed by atoms with Gasteiger partial charge in [-0.25, -0.2) is 0 Å². The lowest BCUT2D eigenvalue weighted by Crippen LogP contribution is -2.30. The predicted octanol–water partition coefficient (Wildman–Crippen LogP) is 3.57. The van der Waals surface area contributed by atoms with Crippen molar-refractivity contribution in [2.45, 2.75) is 13.5 Å². The Kier molecular flexibility index (Phi) is 4.49. The van der Waals surface area contributed by atoms with Gasteiger partial charge in [-0.2, -0.15) is 0 Å². The van der Waals surface area contributed by atoms with Crippen molar-refractivity contribution in [3.63, 3.8) is 0 Å². The number of carbonyl (C=O) groups excluding carboxylic acids is 1. The molecule has 0 aromatic carbocycles. The SMILES string of the molecule is CCN(Cc1ccccn1)C(=O)c1sccc1Br. The number of nitrogens with zero attached hydrogens (tertiary/aromatic N) is 2. The zero-order valence-corrected chi connectivity index (χ0v) is 12.4. The van der Waals surface area contributed by atoms with E-state index in [1.165, 1.54) is 11.3 Å². The number of hydrogen-bond donors (Lipinski definition) is 0. The first-order valence-corrected chi connectivity index (χ1v) is 7.31. The van der Waals surface area contributed by atoms with Crippen molar-refractivity contribution in [3.8, 4) is 0 Å². The summed E-state index contributed by atoms with van der Waals surface area (Å²) >= 11 is 4.85. The number of thiophene rings is 1. The minimum Gasteiger partial charge on any atom is -0.332 e. The summed E-state index contributed by atoms with van der Waals surface area (Å²) in [6.07, 6.45) is 1.74. The van der Waals surface area contributed by atoms with Crippen LogP contribution in [0.3, 0.4) is 0 Å². The maximum absolute atomic E-state index is 12.3. The molecule has 18 heavy (non-hydrogen) atoms. The van der Waals surface area contributed by atoms with Crippen molar-refractivity contribution in [1.29, 1.82) is 0 Å². The van der Waals surface area contributed by atoms with Gasteiger partial charge in [0.2, 0.25) is 0 Å². The van der Waals surface area contributed by atoms with Gasteiger partial charge in [0, 0.05) is 17.2 Å². The zero-order valence-electron chi connectivity index (χ0n) is 9.97. The number of pyridine rings is 1. The molecule has 0 atom stereocenters. The molecule has 0 spiro atoms. The van der Waals surface area contributed by atoms with E-state index in [9.17, 15) is 4.79 Å². The fraction of sp³-hybridized carbons (Fsp3) is 0.231. The fourth-order valence-electron chi connectivity index (χ4n) is 1.60. The number of aromatic nitrogens is 1. The van der Waals surface area contributed by atoms with Crippen LogP contribution in [0.15, 0.2) is 40.3 Å². The summed E-state index contributed by atoms with van der Waals surface area (Å²) in [4.78, 5) is 19.1. The van der Waals surface area contributed by atoms with Gasteiger partial charge in [0.05, 0.1) is 12.2 Å². The quantitative estimate of drug-likeness (QED) is 0.861. The Hall–Kier alpha value is -1.20. The number of carbonyl (C=O) groups is 1. The molecule has 0 radical (unpaired) electrons. The van der Waals surface area contributed by atoms with Gasteiger partial charge < -0.3 is 4.90 Å². The van der Waals surface area contributed by atoms with Gasteiger partial charge in [0.15, 0.2) is 0 Å². The summed E-state index contributed by atoms with van der Waals surface area (Å²) in [6.45, 7) is 3.18. The second-order valence-electron chi connectivity index (χ2n) is 3.74. The Bertz CT molecular complexity index is 527. The van der Waals surface area contributed by atoms with Crippen molar-refractivity contribution in [3.05, 3.63) is 50.9 Å². The van der Waals surface area contributed by atoms with E-state index in [0.29, 0.717) is 13.1 Å². The Balaban J connectivity index is 2.15. The van der Waals surface area contributed by atoms with E-state index < -0.39 is 0 Å². The number of amides is 1. The molecule has 0 N–H and O–H groups in total. The molecule has 2 aromatic rings. The minimum atomic E-state index is 0.0463. The van der Waals surface area contributed by atoms with Crippen molar-refractivity contribution in [2.24, 2.45) is 0 Å². The van der Waals surface area contributed by atoms with E-state index >= 15 is 0 Å². The fourth-order valence-corrected chi connectivity index (χ4v) is 3.11. The molecule has 0 bridgehead atoms. The van der Waals surface area contributed by atoms with Gasteiger partial charge in [-0.3, -0.25) is 9.78 Å². The van der Waals surface area contributed by atoms with Crippen LogP contribution in [0.2, 0.25) is 0 Å². The van der Waals surface area contributed by atoms with Gasteiger partial charge in [-0.15, -0.1) is 11.3 Å². The lowest BCUT2D eigenvalue weighted by molar-refractivity contribution is 0.0754. The molecule has 0 aliphatic heterocycles. The van der Waals surface area contributed by atoms with Gasteiger partial charge >= 0.3 is 0 Å². The lowest BCUT2D eigenvalue weighted by atomic mass is 10.3. The topological polar surface area (TPSA) is 33.2 Å². The standard InChI is InChI=1S/C13H13BrN2OS/c1-2-16(9-10-5-3-4-7-15-10)13(17)12-11(14)6-8-18-12/h3-8H,2,9H2,1H3. The van der Waals surface area contributed by atoms with Crippen LogP contribution in [-0.2, 0) is 6.54 Å². The summed E-state index contributed by atoms with van der Waals surface area (Å²) in [5.74, 6) is 0.0463. The van der Waals surface area contributed by atoms with Crippen molar-refractivity contribution in [2.75, 3.05) is 6.54 Å². The van der Waals surface area contributed by atoms with E-state index in [1.54, 1.807) is 11.1 Å². The molecule has 1 amide bonds. The molecule has 0 aliphatic carbocycles. The van der Waals surface area contributed by atoms with Gasteiger partial charge in [0.1, 0.15) is 4.88 Å². The highest BCUT2D eigenvalue weighted by atomic mass is 79.9. The lowest BCUT2D eigenvalue weighted by Gasteiger charge is -2.19. The van der Waals surface area contributed by atoms with Gasteiger partial charge in [-0.1, -0.05) is 6.07 Å². The predicted molar refractivity (Wildman–Crippen MR) is 76.7 cm³/mol. The van der Waals surface area contributed by atoms with Crippen LogP contribution >= 0.6 is 27.3 Å². The summed E-state index contributed by atoms with van der Waals surface area (Å²) in [5.41, 5.74) is 0.903. The van der Waals surface area contributed by atoms with Gasteiger partial charge in [0.25, 0.3) is 5.91 Å². The molecule has 0 saturated carbocycles. The summed E-state index contributed by atoms with van der Waals surface area (Å²) in [6, 6.07) is 7.63. The first kappa shape index (κ1) is 13.2. The van der Waals surface area contributed by atoms with Crippen LogP contribution in [0.4, 0.5) is 0 Å². The molecule has 0 saturated heterocycles. The Morgan fingerprint density at radius 3 is 2.83 bits per heavy atom. The van der Waals surface area contributed by atoms with E-state index in [0.717, 1.165) is 15.0 Å². The first-order valence-electron chi connectivity index (χ1n) is 5.64. The number of halogens is 1. The molecule has 0 unspecified atom stereocenters. The van der Waals surface area contributed by atoms with Crippen LogP contribution in [0, 0.1) is 0 Å². The van der Waals surface area contributed by atoms with Crippen LogP contribution in [0.1, 0.15) is 22.3 Å². The molecule has 3 nitrogen and oxygen atoms in total. The molecular formula is C13H13BrN2OS. The molecule has 5 heteroatoms. The maximum atomic E-state index is 12.3. The first-order chi connectivity index (χ1) is 8.72. The average Bonchev–Trinajstić information content (AvgIpc) is 2.82. The molecule has 2 aromatic heterocycles. The van der Waals surface area contributed by atoms with Crippen molar-refractivity contribution < 1.29 is 4.79 Å². The van der Waals surface area contributed by atoms with Crippen LogP contribution in [0.5, 0.6) is 0 Å². The highest BCUT2D eigenvalue weighted by molar-refractivity contribution is 9.10. The average molecular weight is 325 g/mol. The van der Waals surface area contributed by atoms with Gasteiger partial charge in [-0.05, 0) is 46.4 Å². The third-order valence-electron chi connectivity index (χ3n) is 2.56. The minimum absolute atomic E-state index is 0.0463. The van der Waals surface area contributed by atoms with Crippen LogP contribution < -0.4 is 0 Å². The van der Waals surface area contributed by atoms with E-state index in [1.807, 2.05) is 36.6 Å². The highest BCUT2D eigenvalue weighted by Gasteiger charge is 2.18. The molecule has 2 heterocycles. The third kappa shape index (κ3) is 2.97. The highest BCUT2D eigenvalue weighted by Crippen LogP contribution is 2.24. The van der Waals surface area contributed by atoms with E-state index in [2.05, 4.69) is 20.9 Å². The third-order valence-corrected chi connectivity index (χ3v) is 4.39. The van der Waals surface area contributed by atoms with E-state index in [-0.39, 0.29) is 5.91 Å². The Labute approximate surface area is 119 Å². The van der Waals surface area contributed by atoms with Crippen molar-refractivity contribution in [1.82, 2.24) is 9.88 Å². The molecule has 94 valence electrons. The second kappa shape index (κ2) is 6.11. The Morgan fingerprint density at radius 1 is 1.44 bits per heavy atom. The van der Waals surface area contributed by atoms with E-state index in [4.69, 9.17) is 0 Å². The van der Waals surface area contributed by atoms with Crippen molar-refractivity contribution >= 4 is 33.2 Å². The Morgan fingerprint density at radius 2 is 2.28 bits per heavy atom. The monoisotopic (exact) mass is 324 g/mol.